The molecule has 10 heteroatoms. The fourth-order valence-corrected chi connectivity index (χ4v) is 3.03. The van der Waals surface area contributed by atoms with Crippen LogP contribution in [0.2, 0.25) is 0 Å². The molecular weight excluding hydrogens is 417 g/mol. The summed E-state index contributed by atoms with van der Waals surface area (Å²) < 4.78 is 78.9. The Hall–Kier alpha value is -0.960. The monoisotopic (exact) mass is 438 g/mol. The van der Waals surface area contributed by atoms with Crippen molar-refractivity contribution in [3.8, 4) is 0 Å². The molecule has 2 rings (SSSR count). The average Bonchev–Trinajstić information content (AvgIpc) is 2.51. The normalized spacial score (nSPS) is 16.9. The molecule has 1 fully saturated rings. The second-order valence-corrected chi connectivity index (χ2v) is 6.26. The lowest BCUT2D eigenvalue weighted by atomic mass is 9.92. The Bertz CT molecular complexity index is 625. The SMILES string of the molecule is C=C(C)C[C@@H](c1ccc(C(F)(F)F)cc1C(F)(F)F)N1CCNCC1.Cl.Cl. The minimum Gasteiger partial charge on any atom is -0.314 e. The third kappa shape index (κ3) is 6.85. The van der Waals surface area contributed by atoms with Crippen molar-refractivity contribution in [2.75, 3.05) is 26.2 Å². The smallest absolute Gasteiger partial charge is 0.314 e. The molecule has 0 aromatic heterocycles. The Morgan fingerprint density at radius 3 is 2.07 bits per heavy atom. The molecule has 1 atom stereocenters. The van der Waals surface area contributed by atoms with Crippen LogP contribution in [0, 0.1) is 0 Å². The third-order valence-electron chi connectivity index (χ3n) is 4.18. The predicted molar refractivity (Wildman–Crippen MR) is 97.6 cm³/mol. The zero-order valence-electron chi connectivity index (χ0n) is 14.6. The molecule has 0 amide bonds. The van der Waals surface area contributed by atoms with Crippen molar-refractivity contribution >= 4 is 24.8 Å². The summed E-state index contributed by atoms with van der Waals surface area (Å²) in [6, 6.07) is 1.24. The summed E-state index contributed by atoms with van der Waals surface area (Å²) in [6.45, 7) is 7.75. The molecule has 2 nitrogen and oxygen atoms in total. The van der Waals surface area contributed by atoms with E-state index in [0.29, 0.717) is 31.8 Å². The second-order valence-electron chi connectivity index (χ2n) is 6.26. The number of piperazine rings is 1. The van der Waals surface area contributed by atoms with Crippen LogP contribution < -0.4 is 5.32 Å². The first kappa shape index (κ1) is 26.0. The summed E-state index contributed by atoms with van der Waals surface area (Å²) in [5.41, 5.74) is -1.98. The largest absolute Gasteiger partial charge is 0.416 e. The molecule has 156 valence electrons. The van der Waals surface area contributed by atoms with Gasteiger partial charge in [-0.05, 0) is 31.0 Å². The van der Waals surface area contributed by atoms with E-state index in [4.69, 9.17) is 0 Å². The lowest BCUT2D eigenvalue weighted by molar-refractivity contribution is -0.143. The summed E-state index contributed by atoms with van der Waals surface area (Å²) >= 11 is 0. The molecule has 0 radical (unpaired) electrons. The van der Waals surface area contributed by atoms with Crippen molar-refractivity contribution in [3.05, 3.63) is 47.0 Å². The van der Waals surface area contributed by atoms with E-state index in [1.54, 1.807) is 6.92 Å². The van der Waals surface area contributed by atoms with Gasteiger partial charge in [0, 0.05) is 32.2 Å². The van der Waals surface area contributed by atoms with Crippen molar-refractivity contribution in [3.63, 3.8) is 0 Å². The highest BCUT2D eigenvalue weighted by Crippen LogP contribution is 2.41. The minimum atomic E-state index is -4.86. The number of benzene rings is 1. The summed E-state index contributed by atoms with van der Waals surface area (Å²) in [6.07, 6.45) is -9.43. The highest BCUT2D eigenvalue weighted by Gasteiger charge is 2.40. The van der Waals surface area contributed by atoms with Gasteiger partial charge in [-0.2, -0.15) is 26.3 Å². The zero-order chi connectivity index (χ0) is 18.8. The number of rotatable bonds is 4. The Morgan fingerprint density at radius 2 is 1.63 bits per heavy atom. The van der Waals surface area contributed by atoms with Crippen LogP contribution in [-0.4, -0.2) is 31.1 Å². The van der Waals surface area contributed by atoms with Gasteiger partial charge in [-0.15, -0.1) is 31.4 Å². The Balaban J connectivity index is 0.00000338. The van der Waals surface area contributed by atoms with E-state index >= 15 is 0 Å². The lowest BCUT2D eigenvalue weighted by Gasteiger charge is -2.36. The first-order valence-electron chi connectivity index (χ1n) is 7.87. The Kier molecular flexibility index (Phi) is 9.64. The highest BCUT2D eigenvalue weighted by atomic mass is 35.5. The van der Waals surface area contributed by atoms with E-state index in [-0.39, 0.29) is 42.9 Å². The van der Waals surface area contributed by atoms with E-state index in [2.05, 4.69) is 11.9 Å². The lowest BCUT2D eigenvalue weighted by Crippen LogP contribution is -2.45. The first-order chi connectivity index (χ1) is 11.5. The van der Waals surface area contributed by atoms with E-state index in [9.17, 15) is 26.3 Å². The standard InChI is InChI=1S/C17H20F6N2.2ClH/c1-11(2)9-15(25-7-5-24-6-8-25)13-4-3-12(16(18,19)20)10-14(13)17(21,22)23;;/h3-4,10,15,24H,1,5-9H2,2H3;2*1H/t15-;;/m0../s1. The fraction of sp³-hybridized carbons (Fsp3) is 0.529. The topological polar surface area (TPSA) is 15.3 Å². The fourth-order valence-electron chi connectivity index (χ4n) is 3.03. The molecule has 1 saturated heterocycles. The van der Waals surface area contributed by atoms with Gasteiger partial charge in [-0.3, -0.25) is 4.90 Å². The van der Waals surface area contributed by atoms with Gasteiger partial charge >= 0.3 is 12.4 Å². The number of hydrogen-bond donors (Lipinski definition) is 1. The number of alkyl halides is 6. The molecule has 0 unspecified atom stereocenters. The van der Waals surface area contributed by atoms with Crippen molar-refractivity contribution in [2.24, 2.45) is 0 Å². The van der Waals surface area contributed by atoms with E-state index in [1.165, 1.54) is 0 Å². The summed E-state index contributed by atoms with van der Waals surface area (Å²) in [7, 11) is 0. The molecule has 1 heterocycles. The molecule has 0 bridgehead atoms. The Labute approximate surface area is 166 Å². The van der Waals surface area contributed by atoms with Crippen molar-refractivity contribution < 1.29 is 26.3 Å². The van der Waals surface area contributed by atoms with Gasteiger partial charge in [0.2, 0.25) is 0 Å². The van der Waals surface area contributed by atoms with Gasteiger partial charge in [0.25, 0.3) is 0 Å². The zero-order valence-corrected chi connectivity index (χ0v) is 16.2. The molecule has 0 aliphatic carbocycles. The summed E-state index contributed by atoms with van der Waals surface area (Å²) in [5, 5.41) is 3.11. The van der Waals surface area contributed by atoms with Crippen molar-refractivity contribution in [1.29, 1.82) is 0 Å². The van der Waals surface area contributed by atoms with Gasteiger partial charge in [0.05, 0.1) is 11.1 Å². The minimum absolute atomic E-state index is 0. The van der Waals surface area contributed by atoms with Gasteiger partial charge in [0.1, 0.15) is 0 Å². The Morgan fingerprint density at radius 1 is 1.07 bits per heavy atom. The highest BCUT2D eigenvalue weighted by molar-refractivity contribution is 5.85. The summed E-state index contributed by atoms with van der Waals surface area (Å²) in [5.74, 6) is 0. The molecule has 1 aromatic rings. The van der Waals surface area contributed by atoms with Crippen LogP contribution in [0.5, 0.6) is 0 Å². The summed E-state index contributed by atoms with van der Waals surface area (Å²) in [4.78, 5) is 1.86. The maximum absolute atomic E-state index is 13.5. The van der Waals surface area contributed by atoms with Crippen molar-refractivity contribution in [1.82, 2.24) is 10.2 Å². The van der Waals surface area contributed by atoms with Gasteiger partial charge in [-0.1, -0.05) is 11.6 Å². The molecule has 27 heavy (non-hydrogen) atoms. The number of nitrogens with one attached hydrogen (secondary N) is 1. The van der Waals surface area contributed by atoms with E-state index in [1.807, 2.05) is 4.90 Å². The first-order valence-corrected chi connectivity index (χ1v) is 7.87. The maximum atomic E-state index is 13.5. The molecule has 1 N–H and O–H groups in total. The van der Waals surface area contributed by atoms with Gasteiger partial charge < -0.3 is 5.32 Å². The molecule has 1 aliphatic heterocycles. The van der Waals surface area contributed by atoms with Crippen LogP contribution in [-0.2, 0) is 12.4 Å². The van der Waals surface area contributed by atoms with Crippen molar-refractivity contribution in [2.45, 2.75) is 31.7 Å². The van der Waals surface area contributed by atoms with Crippen LogP contribution in [0.1, 0.15) is 36.1 Å². The van der Waals surface area contributed by atoms with Gasteiger partial charge in [-0.25, -0.2) is 0 Å². The molecule has 0 saturated carbocycles. The van der Waals surface area contributed by atoms with Gasteiger partial charge in [0.15, 0.2) is 0 Å². The predicted octanol–water partition coefficient (Wildman–Crippen LogP) is 5.48. The van der Waals surface area contributed by atoms with E-state index < -0.39 is 29.5 Å². The second kappa shape index (κ2) is 10.0. The average molecular weight is 439 g/mol. The molecule has 0 spiro atoms. The van der Waals surface area contributed by atoms with Crippen LogP contribution >= 0.6 is 24.8 Å². The van der Waals surface area contributed by atoms with Crippen LogP contribution in [0.4, 0.5) is 26.3 Å². The van der Waals surface area contributed by atoms with Crippen LogP contribution in [0.15, 0.2) is 30.4 Å². The molecular formula is C17H22Cl2F6N2. The number of nitrogens with zero attached hydrogens (tertiary/aromatic N) is 1. The third-order valence-corrected chi connectivity index (χ3v) is 4.18. The maximum Gasteiger partial charge on any atom is 0.416 e. The molecule has 1 aromatic carbocycles. The number of halogens is 8. The molecule has 1 aliphatic rings. The number of hydrogen-bond acceptors (Lipinski definition) is 2. The van der Waals surface area contributed by atoms with Crippen LogP contribution in [0.3, 0.4) is 0 Å². The van der Waals surface area contributed by atoms with Crippen LogP contribution in [0.25, 0.3) is 0 Å². The quantitative estimate of drug-likeness (QED) is 0.494. The van der Waals surface area contributed by atoms with E-state index in [0.717, 1.165) is 12.1 Å².